The van der Waals surface area contributed by atoms with Gasteiger partial charge in [0.2, 0.25) is 0 Å². The van der Waals surface area contributed by atoms with Gasteiger partial charge in [0.05, 0.1) is 11.7 Å². The van der Waals surface area contributed by atoms with Gasteiger partial charge in [-0.25, -0.2) is 0 Å². The Morgan fingerprint density at radius 2 is 0.496 bits per heavy atom. The molecule has 0 radical (unpaired) electrons. The Morgan fingerprint density at radius 3 is 0.849 bits per heavy atom. The van der Waals surface area contributed by atoms with Gasteiger partial charge in [-0.3, -0.25) is 0 Å². The van der Waals surface area contributed by atoms with Crippen molar-refractivity contribution < 1.29 is 37.9 Å². The van der Waals surface area contributed by atoms with Crippen LogP contribution in [0.5, 0.6) is 23.0 Å². The van der Waals surface area contributed by atoms with Crippen LogP contribution in [0, 0.1) is 13.8 Å². The minimum Gasteiger partial charge on any atom is -0.467 e. The topological polar surface area (TPSA) is 99.6 Å². The van der Waals surface area contributed by atoms with Crippen LogP contribution in [0.2, 0.25) is 0 Å². The molecular formula is C108H126N2O8S. The number of benzene rings is 11. The molecule has 622 valence electrons. The lowest BCUT2D eigenvalue weighted by Crippen LogP contribution is -2.25. The first kappa shape index (κ1) is 87.1. The van der Waals surface area contributed by atoms with E-state index in [4.69, 9.17) is 46.6 Å². The lowest BCUT2D eigenvalue weighted by molar-refractivity contribution is -0.130. The molecule has 10 nitrogen and oxygen atoms in total. The van der Waals surface area contributed by atoms with Crippen molar-refractivity contribution in [2.24, 2.45) is 0 Å². The molecule has 0 unspecified atom stereocenters. The van der Waals surface area contributed by atoms with Crippen LogP contribution in [0.3, 0.4) is 0 Å². The number of aromatic nitrogens is 2. The first-order chi connectivity index (χ1) is 58.7. The second kappa shape index (κ2) is 45.6. The normalized spacial score (nSPS) is 12.7. The summed E-state index contributed by atoms with van der Waals surface area (Å²) in [5, 5.41) is 0. The highest BCUT2D eigenvalue weighted by molar-refractivity contribution is 7.00. The number of hydrogen-bond acceptors (Lipinski definition) is 11. The number of ether oxygens (including phenoxy) is 8. The average Bonchev–Trinajstić information content (AvgIpc) is 1.57. The van der Waals surface area contributed by atoms with Gasteiger partial charge in [-0.2, -0.15) is 8.75 Å². The third-order valence-electron chi connectivity index (χ3n) is 24.4. The van der Waals surface area contributed by atoms with E-state index in [9.17, 15) is 0 Å². The fourth-order valence-electron chi connectivity index (χ4n) is 17.9. The summed E-state index contributed by atoms with van der Waals surface area (Å²) in [6.07, 6.45) is 35.8. The highest BCUT2D eigenvalue weighted by atomic mass is 32.1. The highest BCUT2D eigenvalue weighted by Crippen LogP contribution is 2.58. The third kappa shape index (κ3) is 23.3. The number of hydrogen-bond donors (Lipinski definition) is 0. The fourth-order valence-corrected chi connectivity index (χ4v) is 18.5. The van der Waals surface area contributed by atoms with Crippen LogP contribution in [0.1, 0.15) is 241 Å². The number of aryl methyl sites for hydroxylation is 2. The minimum atomic E-state index is -0.121. The van der Waals surface area contributed by atoms with E-state index in [0.29, 0.717) is 0 Å². The summed E-state index contributed by atoms with van der Waals surface area (Å²) in [7, 11) is 0. The molecule has 0 fully saturated rings. The van der Waals surface area contributed by atoms with E-state index in [1.807, 2.05) is 104 Å². The third-order valence-corrected chi connectivity index (χ3v) is 25.0. The van der Waals surface area contributed by atoms with Gasteiger partial charge in [-0.05, 0) is 195 Å². The van der Waals surface area contributed by atoms with Crippen LogP contribution in [0.15, 0.2) is 243 Å². The quantitative estimate of drug-likeness (QED) is 0.0271. The van der Waals surface area contributed by atoms with E-state index in [-0.39, 0.29) is 51.6 Å². The number of nitrogens with zero attached hydrogens (tertiary/aromatic N) is 2. The van der Waals surface area contributed by atoms with Gasteiger partial charge < -0.3 is 37.9 Å². The summed E-state index contributed by atoms with van der Waals surface area (Å²) in [5.41, 5.74) is 28.1. The van der Waals surface area contributed by atoms with Crippen LogP contribution >= 0.6 is 11.7 Å². The van der Waals surface area contributed by atoms with Crippen molar-refractivity contribution in [2.45, 2.75) is 232 Å². The zero-order valence-corrected chi connectivity index (χ0v) is 72.5. The standard InChI is InChI=1S/C86H104N2O4S.C22H22O4/c1-6-10-14-18-22-29-53-85(54-30-23-19-15-11-7-2)79-57-64(5)35-47-75(79)77-49-41-69(59-81(77)85)73-51-52-74(84-83(73)87-93-88-84)70-42-50-78-76-48-40-68(58-80(76)86(82(78)60-70,55-31-24-20-16-12-8-3)56-32-25-21-17-13-9-4)67-38-45-72(46-39-67)92-63-90-61-89-62-91-71-43-36-66(37-44-71)65-33-27-26-28-34-65;1-18-7-11-21(12-8-18)25-16-23-15-24-17-26-22-13-9-20(10-14-22)19-5-3-2-4-6-19/h26-28,33-52,57-60H,6-25,29-32,53-56,61-63H2,1-5H3;2-14H,15-17H2,1H3. The van der Waals surface area contributed by atoms with Gasteiger partial charge in [0, 0.05) is 22.0 Å². The molecule has 1 aromatic heterocycles. The van der Waals surface area contributed by atoms with Crippen molar-refractivity contribution in [2.75, 3.05) is 40.8 Å². The van der Waals surface area contributed by atoms with Gasteiger partial charge in [0.1, 0.15) is 34.0 Å². The Balaban J connectivity index is 0.000000399. The van der Waals surface area contributed by atoms with Crippen molar-refractivity contribution in [1.29, 1.82) is 0 Å². The summed E-state index contributed by atoms with van der Waals surface area (Å²) in [5.74, 6) is 3.01. The van der Waals surface area contributed by atoms with Gasteiger partial charge in [-0.1, -0.05) is 369 Å². The summed E-state index contributed by atoms with van der Waals surface area (Å²) >= 11 is 1.36. The van der Waals surface area contributed by atoms with Gasteiger partial charge in [0.25, 0.3) is 0 Å². The van der Waals surface area contributed by atoms with Crippen LogP contribution < -0.4 is 18.9 Å². The van der Waals surface area contributed by atoms with E-state index in [0.717, 1.165) is 58.0 Å². The average molecular weight is 1610 g/mol. The zero-order chi connectivity index (χ0) is 82.1. The molecule has 0 saturated heterocycles. The minimum absolute atomic E-state index is 0.00403. The van der Waals surface area contributed by atoms with Gasteiger partial charge >= 0.3 is 0 Å². The van der Waals surface area contributed by atoms with Crippen molar-refractivity contribution in [3.63, 3.8) is 0 Å². The second-order valence-corrected chi connectivity index (χ2v) is 33.4. The Hall–Kier alpha value is -9.72. The molecule has 0 spiro atoms. The Kier molecular flexibility index (Phi) is 33.4. The number of unbranched alkanes of at least 4 members (excludes halogenated alkanes) is 20. The van der Waals surface area contributed by atoms with Crippen LogP contribution in [-0.4, -0.2) is 49.5 Å². The van der Waals surface area contributed by atoms with Crippen molar-refractivity contribution >= 4 is 22.8 Å². The molecule has 0 amide bonds. The summed E-state index contributed by atoms with van der Waals surface area (Å²) in [6.45, 7) is 14.2. The molecule has 14 rings (SSSR count). The van der Waals surface area contributed by atoms with E-state index in [1.165, 1.54) is 273 Å². The molecule has 0 N–H and O–H groups in total. The summed E-state index contributed by atoms with van der Waals surface area (Å²) in [6, 6.07) is 87.1. The first-order valence-corrected chi connectivity index (χ1v) is 45.5. The molecule has 0 bridgehead atoms. The Labute approximate surface area is 714 Å². The monoisotopic (exact) mass is 1610 g/mol. The second-order valence-electron chi connectivity index (χ2n) is 32.9. The SMILES string of the molecule is CCCCCCCCC1(CCCCCCCC)c2cc(C)ccc2-c2ccc(-c3ccc(-c4ccc5c(c4)C(CCCCCCCC)(CCCCCCCC)c4cc(-c6ccc(OCOCOCOc7ccc(-c8ccccc8)cc7)cc6)ccc4-5)c4nsnc34)cc21.Cc1ccc(OCOCOCOc2ccc(-c3ccccc3)cc2)cc1. The molecule has 0 atom stereocenters. The molecule has 12 aromatic rings. The molecular weight excluding hydrogens is 1490 g/mol. The molecule has 11 aromatic carbocycles. The molecule has 11 heteroatoms. The van der Waals surface area contributed by atoms with E-state index in [2.05, 4.69) is 180 Å². The zero-order valence-electron chi connectivity index (χ0n) is 71.7. The van der Waals surface area contributed by atoms with E-state index < -0.39 is 0 Å². The van der Waals surface area contributed by atoms with Gasteiger partial charge in [-0.15, -0.1) is 0 Å². The van der Waals surface area contributed by atoms with Crippen molar-refractivity contribution in [1.82, 2.24) is 8.75 Å². The predicted octanol–water partition coefficient (Wildman–Crippen LogP) is 30.6. The molecule has 0 aliphatic heterocycles. The maximum atomic E-state index is 6.06. The predicted molar refractivity (Wildman–Crippen MR) is 494 cm³/mol. The molecule has 2 aliphatic rings. The molecule has 119 heavy (non-hydrogen) atoms. The molecule has 2 aliphatic carbocycles. The molecule has 1 heterocycles. The van der Waals surface area contributed by atoms with Crippen LogP contribution in [-0.2, 0) is 29.8 Å². The summed E-state index contributed by atoms with van der Waals surface area (Å²) in [4.78, 5) is 0. The largest absolute Gasteiger partial charge is 0.467 e. The number of rotatable bonds is 49. The lowest BCUT2D eigenvalue weighted by Gasteiger charge is -2.33. The highest BCUT2D eigenvalue weighted by Gasteiger charge is 2.44. The van der Waals surface area contributed by atoms with Crippen molar-refractivity contribution in [3.05, 3.63) is 276 Å². The Morgan fingerprint density at radius 1 is 0.235 bits per heavy atom. The maximum Gasteiger partial charge on any atom is 0.191 e. The lowest BCUT2D eigenvalue weighted by atomic mass is 9.70. The van der Waals surface area contributed by atoms with Crippen molar-refractivity contribution in [3.8, 4) is 101 Å². The molecule has 0 saturated carbocycles. The maximum absolute atomic E-state index is 6.06. The van der Waals surface area contributed by atoms with Crippen LogP contribution in [0.4, 0.5) is 0 Å². The van der Waals surface area contributed by atoms with Crippen LogP contribution in [0.25, 0.3) is 88.9 Å². The smallest absolute Gasteiger partial charge is 0.191 e. The van der Waals surface area contributed by atoms with E-state index >= 15 is 0 Å². The van der Waals surface area contributed by atoms with E-state index in [1.54, 1.807) is 5.56 Å². The summed E-state index contributed by atoms with van der Waals surface area (Å²) < 4.78 is 55.1. The fraction of sp³-hybridized carbons (Fsp3) is 0.389. The first-order valence-electron chi connectivity index (χ1n) is 44.8. The van der Waals surface area contributed by atoms with Gasteiger partial charge in [0.15, 0.2) is 40.8 Å². The Bertz CT molecular complexity index is 4990. The number of fused-ring (bicyclic) bond motifs is 7.